The Morgan fingerprint density at radius 1 is 1.33 bits per heavy atom. The molecule has 8 heteroatoms. The standard InChI is InChI=1S/C19H16N4O3S/c20-10-12-4-1-2-5-14(12)21-16(24)11-23-17(25)19(22-18(23)26)8-3-6-15-13(19)7-9-27-15/h1-2,4-5,7,9H,3,6,8,11H2,(H,21,24)(H,22,26)/t19-/m1/s1. The summed E-state index contributed by atoms with van der Waals surface area (Å²) in [5, 5.41) is 16.4. The number of urea groups is 1. The van der Waals surface area contributed by atoms with Gasteiger partial charge >= 0.3 is 6.03 Å². The van der Waals surface area contributed by atoms with Gasteiger partial charge < -0.3 is 10.6 Å². The van der Waals surface area contributed by atoms with Crippen molar-refractivity contribution in [2.75, 3.05) is 11.9 Å². The van der Waals surface area contributed by atoms with Crippen LogP contribution in [-0.2, 0) is 21.5 Å². The molecule has 2 N–H and O–H groups in total. The summed E-state index contributed by atoms with van der Waals surface area (Å²) in [5.41, 5.74) is 0.448. The summed E-state index contributed by atoms with van der Waals surface area (Å²) in [6.45, 7) is -0.397. The quantitative estimate of drug-likeness (QED) is 0.798. The molecule has 4 amide bonds. The number of benzene rings is 1. The number of anilines is 1. The van der Waals surface area contributed by atoms with Crippen molar-refractivity contribution in [2.24, 2.45) is 0 Å². The summed E-state index contributed by atoms with van der Waals surface area (Å²) >= 11 is 1.58. The van der Waals surface area contributed by atoms with Gasteiger partial charge in [-0.1, -0.05) is 12.1 Å². The summed E-state index contributed by atoms with van der Waals surface area (Å²) in [5.74, 6) is -0.921. The number of aryl methyl sites for hydroxylation is 1. The molecule has 2 heterocycles. The number of carbonyl (C=O) groups excluding carboxylic acids is 3. The molecule has 1 spiro atoms. The highest BCUT2D eigenvalue weighted by atomic mass is 32.1. The zero-order valence-electron chi connectivity index (χ0n) is 14.3. The average molecular weight is 380 g/mol. The fraction of sp³-hybridized carbons (Fsp3) is 0.263. The molecule has 1 fully saturated rings. The Hall–Kier alpha value is -3.18. The van der Waals surface area contributed by atoms with Crippen LogP contribution in [0.1, 0.15) is 28.8 Å². The van der Waals surface area contributed by atoms with E-state index in [1.807, 2.05) is 17.5 Å². The van der Waals surface area contributed by atoms with E-state index in [0.717, 1.165) is 28.2 Å². The molecule has 1 aromatic carbocycles. The van der Waals surface area contributed by atoms with Gasteiger partial charge in [-0.25, -0.2) is 4.79 Å². The van der Waals surface area contributed by atoms with Gasteiger partial charge in [-0.2, -0.15) is 5.26 Å². The zero-order chi connectivity index (χ0) is 19.0. The summed E-state index contributed by atoms with van der Waals surface area (Å²) in [7, 11) is 0. The molecule has 1 saturated heterocycles. The van der Waals surface area contributed by atoms with Crippen molar-refractivity contribution in [2.45, 2.75) is 24.8 Å². The minimum absolute atomic E-state index is 0.315. The van der Waals surface area contributed by atoms with E-state index in [2.05, 4.69) is 10.6 Å². The third kappa shape index (κ3) is 2.76. The Balaban J connectivity index is 1.54. The largest absolute Gasteiger partial charge is 0.325 e. The number of carbonyl (C=O) groups is 3. The van der Waals surface area contributed by atoms with E-state index < -0.39 is 29.9 Å². The molecule has 1 aliphatic heterocycles. The molecule has 0 bridgehead atoms. The highest BCUT2D eigenvalue weighted by Gasteiger charge is 2.54. The van der Waals surface area contributed by atoms with Crippen LogP contribution in [0.3, 0.4) is 0 Å². The SMILES string of the molecule is N#Cc1ccccc1NC(=O)CN1C(=O)N[C@@]2(CCCc3sccc32)C1=O. The molecule has 0 radical (unpaired) electrons. The minimum Gasteiger partial charge on any atom is -0.323 e. The third-order valence-electron chi connectivity index (χ3n) is 4.96. The van der Waals surface area contributed by atoms with Gasteiger partial charge in [0.25, 0.3) is 5.91 Å². The first-order chi connectivity index (χ1) is 13.0. The molecular weight excluding hydrogens is 364 g/mol. The van der Waals surface area contributed by atoms with Gasteiger partial charge in [0.1, 0.15) is 18.2 Å². The molecule has 0 unspecified atom stereocenters. The Morgan fingerprint density at radius 2 is 2.15 bits per heavy atom. The maximum atomic E-state index is 13.1. The van der Waals surface area contributed by atoms with E-state index in [0.29, 0.717) is 17.7 Å². The maximum Gasteiger partial charge on any atom is 0.325 e. The number of rotatable bonds is 3. The van der Waals surface area contributed by atoms with Crippen LogP contribution in [0.4, 0.5) is 10.5 Å². The van der Waals surface area contributed by atoms with Crippen molar-refractivity contribution in [3.05, 3.63) is 51.7 Å². The highest BCUT2D eigenvalue weighted by molar-refractivity contribution is 7.10. The molecule has 27 heavy (non-hydrogen) atoms. The summed E-state index contributed by atoms with van der Waals surface area (Å²) < 4.78 is 0. The van der Waals surface area contributed by atoms with Gasteiger partial charge in [-0.3, -0.25) is 14.5 Å². The molecule has 136 valence electrons. The lowest BCUT2D eigenvalue weighted by molar-refractivity contribution is -0.134. The number of nitrogens with one attached hydrogen (secondary N) is 2. The zero-order valence-corrected chi connectivity index (χ0v) is 15.1. The van der Waals surface area contributed by atoms with Crippen molar-refractivity contribution in [1.29, 1.82) is 5.26 Å². The normalized spacial score (nSPS) is 20.9. The molecule has 1 aliphatic carbocycles. The Bertz CT molecular complexity index is 993. The van der Waals surface area contributed by atoms with Crippen LogP contribution >= 0.6 is 11.3 Å². The van der Waals surface area contributed by atoms with Crippen LogP contribution in [-0.4, -0.2) is 29.3 Å². The van der Waals surface area contributed by atoms with E-state index in [9.17, 15) is 14.4 Å². The number of nitrogens with zero attached hydrogens (tertiary/aromatic N) is 2. The van der Waals surface area contributed by atoms with E-state index in [-0.39, 0.29) is 0 Å². The van der Waals surface area contributed by atoms with E-state index >= 15 is 0 Å². The fourth-order valence-corrected chi connectivity index (χ4v) is 4.71. The second kappa shape index (κ2) is 6.52. The maximum absolute atomic E-state index is 13.1. The van der Waals surface area contributed by atoms with Crippen LogP contribution in [0.2, 0.25) is 0 Å². The fourth-order valence-electron chi connectivity index (χ4n) is 3.71. The molecule has 2 aliphatic rings. The number of amides is 4. The van der Waals surface area contributed by atoms with Crippen LogP contribution in [0.15, 0.2) is 35.7 Å². The predicted molar refractivity (Wildman–Crippen MR) is 99.0 cm³/mol. The average Bonchev–Trinajstić information content (AvgIpc) is 3.23. The number of para-hydroxylation sites is 1. The third-order valence-corrected chi connectivity index (χ3v) is 5.94. The van der Waals surface area contributed by atoms with Crippen molar-refractivity contribution < 1.29 is 14.4 Å². The monoisotopic (exact) mass is 380 g/mol. The van der Waals surface area contributed by atoms with Crippen molar-refractivity contribution >= 4 is 34.9 Å². The van der Waals surface area contributed by atoms with Gasteiger partial charge in [0.05, 0.1) is 11.3 Å². The molecule has 2 aromatic rings. The number of hydrogen-bond acceptors (Lipinski definition) is 5. The van der Waals surface area contributed by atoms with Crippen molar-refractivity contribution in [3.63, 3.8) is 0 Å². The molecular formula is C19H16N4O3S. The van der Waals surface area contributed by atoms with Crippen LogP contribution in [0, 0.1) is 11.3 Å². The summed E-state index contributed by atoms with van der Waals surface area (Å²) in [6, 6.07) is 9.87. The highest BCUT2D eigenvalue weighted by Crippen LogP contribution is 2.42. The Labute approximate surface area is 159 Å². The molecule has 7 nitrogen and oxygen atoms in total. The first-order valence-corrected chi connectivity index (χ1v) is 9.43. The van der Waals surface area contributed by atoms with Gasteiger partial charge in [-0.15, -0.1) is 11.3 Å². The topological polar surface area (TPSA) is 102 Å². The van der Waals surface area contributed by atoms with Gasteiger partial charge in [-0.05, 0) is 42.8 Å². The van der Waals surface area contributed by atoms with Gasteiger partial charge in [0.2, 0.25) is 5.91 Å². The lowest BCUT2D eigenvalue weighted by atomic mass is 9.80. The lowest BCUT2D eigenvalue weighted by Gasteiger charge is -2.31. The second-order valence-electron chi connectivity index (χ2n) is 6.54. The predicted octanol–water partition coefficient (Wildman–Crippen LogP) is 2.34. The van der Waals surface area contributed by atoms with Gasteiger partial charge in [0, 0.05) is 10.4 Å². The summed E-state index contributed by atoms with van der Waals surface area (Å²) in [4.78, 5) is 40.0. The summed E-state index contributed by atoms with van der Waals surface area (Å²) in [6.07, 6.45) is 2.22. The first kappa shape index (κ1) is 17.2. The van der Waals surface area contributed by atoms with E-state index in [4.69, 9.17) is 5.26 Å². The molecule has 4 rings (SSSR count). The van der Waals surface area contributed by atoms with Crippen molar-refractivity contribution in [1.82, 2.24) is 10.2 Å². The van der Waals surface area contributed by atoms with E-state index in [1.54, 1.807) is 35.6 Å². The number of hydrogen-bond donors (Lipinski definition) is 2. The molecule has 1 aromatic heterocycles. The van der Waals surface area contributed by atoms with Crippen LogP contribution in [0.25, 0.3) is 0 Å². The van der Waals surface area contributed by atoms with Crippen LogP contribution < -0.4 is 10.6 Å². The van der Waals surface area contributed by atoms with E-state index in [1.165, 1.54) is 0 Å². The smallest absolute Gasteiger partial charge is 0.323 e. The lowest BCUT2D eigenvalue weighted by Crippen LogP contribution is -2.46. The number of imide groups is 1. The number of thiophene rings is 1. The van der Waals surface area contributed by atoms with Crippen LogP contribution in [0.5, 0.6) is 0 Å². The van der Waals surface area contributed by atoms with Gasteiger partial charge in [0.15, 0.2) is 0 Å². The molecule has 0 saturated carbocycles. The Morgan fingerprint density at radius 3 is 2.96 bits per heavy atom. The Kier molecular flexibility index (Phi) is 4.16. The minimum atomic E-state index is -1.06. The van der Waals surface area contributed by atoms with Crippen molar-refractivity contribution in [3.8, 4) is 6.07 Å². The number of nitriles is 1. The second-order valence-corrected chi connectivity index (χ2v) is 7.54. The first-order valence-electron chi connectivity index (χ1n) is 8.55. The number of fused-ring (bicyclic) bond motifs is 2. The molecule has 1 atom stereocenters.